The number of nitrogens with one attached hydrogen (secondary N) is 1. The predicted molar refractivity (Wildman–Crippen MR) is 81.8 cm³/mol. The maximum atomic E-state index is 9.77. The number of phenolic OH excluding ortho intramolecular Hbond substituents is 1. The fraction of sp³-hybridized carbons (Fsp3) is 0.600. The van der Waals surface area contributed by atoms with Gasteiger partial charge in [0.25, 0.3) is 0 Å². The van der Waals surface area contributed by atoms with Crippen LogP contribution in [0.25, 0.3) is 0 Å². The topological polar surface area (TPSA) is 32.3 Å². The van der Waals surface area contributed by atoms with Crippen molar-refractivity contribution in [2.75, 3.05) is 6.54 Å². The summed E-state index contributed by atoms with van der Waals surface area (Å²) in [5, 5.41) is 13.4. The fourth-order valence-corrected chi connectivity index (χ4v) is 2.64. The third-order valence-electron chi connectivity index (χ3n) is 3.67. The molecule has 0 bridgehead atoms. The van der Waals surface area contributed by atoms with E-state index < -0.39 is 0 Å². The Labute approximate surface area is 121 Å². The maximum Gasteiger partial charge on any atom is 0.119 e. The Morgan fingerprint density at radius 1 is 1.33 bits per heavy atom. The molecule has 1 atom stereocenters. The van der Waals surface area contributed by atoms with Crippen molar-refractivity contribution >= 4 is 17.0 Å². The summed E-state index contributed by atoms with van der Waals surface area (Å²) in [6.45, 7) is 3.37. The van der Waals surface area contributed by atoms with Gasteiger partial charge < -0.3 is 10.4 Å². The molecule has 2 rings (SSSR count). The third kappa shape index (κ3) is 3.99. The Morgan fingerprint density at radius 2 is 2.17 bits per heavy atom. The Kier molecular flexibility index (Phi) is 6.72. The highest BCUT2D eigenvalue weighted by molar-refractivity contribution is 8.93. The largest absolute Gasteiger partial charge is 0.508 e. The van der Waals surface area contributed by atoms with Crippen molar-refractivity contribution in [2.45, 2.75) is 51.5 Å². The molecule has 1 aromatic rings. The molecule has 0 radical (unpaired) electrons. The van der Waals surface area contributed by atoms with E-state index in [1.54, 1.807) is 6.07 Å². The van der Waals surface area contributed by atoms with Crippen LogP contribution < -0.4 is 5.32 Å². The minimum Gasteiger partial charge on any atom is -0.508 e. The van der Waals surface area contributed by atoms with Gasteiger partial charge in [0.1, 0.15) is 5.75 Å². The van der Waals surface area contributed by atoms with Crippen LogP contribution in [-0.4, -0.2) is 17.7 Å². The second kappa shape index (κ2) is 7.80. The Balaban J connectivity index is 0.00000162. The molecule has 0 spiro atoms. The van der Waals surface area contributed by atoms with Gasteiger partial charge in [0.15, 0.2) is 0 Å². The van der Waals surface area contributed by atoms with E-state index in [2.05, 4.69) is 18.3 Å². The number of phenols is 1. The van der Waals surface area contributed by atoms with Crippen molar-refractivity contribution in [2.24, 2.45) is 0 Å². The van der Waals surface area contributed by atoms with Crippen LogP contribution in [0, 0.1) is 0 Å². The van der Waals surface area contributed by atoms with Crippen molar-refractivity contribution in [3.05, 3.63) is 29.3 Å². The summed E-state index contributed by atoms with van der Waals surface area (Å²) in [4.78, 5) is 0. The van der Waals surface area contributed by atoms with E-state index >= 15 is 0 Å². The lowest BCUT2D eigenvalue weighted by atomic mass is 9.87. The molecule has 0 aromatic heterocycles. The second-order valence-corrected chi connectivity index (χ2v) is 5.02. The zero-order valence-corrected chi connectivity index (χ0v) is 12.8. The van der Waals surface area contributed by atoms with Gasteiger partial charge in [-0.15, -0.1) is 17.0 Å². The van der Waals surface area contributed by atoms with E-state index in [9.17, 15) is 5.11 Å². The second-order valence-electron chi connectivity index (χ2n) is 5.02. The van der Waals surface area contributed by atoms with Crippen LogP contribution in [-0.2, 0) is 12.8 Å². The lowest BCUT2D eigenvalue weighted by Gasteiger charge is -2.26. The summed E-state index contributed by atoms with van der Waals surface area (Å²) in [5.41, 5.74) is 2.49. The molecule has 3 heteroatoms. The van der Waals surface area contributed by atoms with Crippen LogP contribution in [0.2, 0.25) is 0 Å². The molecule has 0 amide bonds. The first-order valence-electron chi connectivity index (χ1n) is 6.84. The smallest absolute Gasteiger partial charge is 0.119 e. The van der Waals surface area contributed by atoms with E-state index in [-0.39, 0.29) is 17.0 Å². The predicted octanol–water partition coefficient (Wildman–Crippen LogP) is 3.61. The molecule has 0 aliphatic heterocycles. The molecule has 2 nitrogen and oxygen atoms in total. The van der Waals surface area contributed by atoms with Crippen LogP contribution in [0.3, 0.4) is 0 Å². The van der Waals surface area contributed by atoms with E-state index in [1.807, 2.05) is 6.07 Å². The number of hydrogen-bond donors (Lipinski definition) is 2. The van der Waals surface area contributed by atoms with E-state index in [0.717, 1.165) is 25.8 Å². The summed E-state index contributed by atoms with van der Waals surface area (Å²) < 4.78 is 0. The molecule has 1 aliphatic carbocycles. The Bertz CT molecular complexity index is 368. The number of fused-ring (bicyclic) bond motifs is 1. The highest BCUT2D eigenvalue weighted by Gasteiger charge is 2.19. The molecule has 1 aromatic carbocycles. The standard InChI is InChI=1S/C15H23NO.BrH/c1-2-3-4-10-16-13-8-9-14-12(11-13)6-5-7-15(14)17;/h5-7,13,16-17H,2-4,8-11H2,1H3;1H. The Hall–Kier alpha value is -0.540. The minimum absolute atomic E-state index is 0. The van der Waals surface area contributed by atoms with Gasteiger partial charge in [0.2, 0.25) is 0 Å². The zero-order chi connectivity index (χ0) is 12.1. The summed E-state index contributed by atoms with van der Waals surface area (Å²) in [5.74, 6) is 0.479. The van der Waals surface area contributed by atoms with E-state index in [1.165, 1.54) is 30.4 Å². The number of aromatic hydroxyl groups is 1. The minimum atomic E-state index is 0. The van der Waals surface area contributed by atoms with Crippen LogP contribution in [0.15, 0.2) is 18.2 Å². The summed E-state index contributed by atoms with van der Waals surface area (Å²) >= 11 is 0. The van der Waals surface area contributed by atoms with Gasteiger partial charge >= 0.3 is 0 Å². The highest BCUT2D eigenvalue weighted by atomic mass is 79.9. The van der Waals surface area contributed by atoms with Gasteiger partial charge in [-0.05, 0) is 49.4 Å². The highest BCUT2D eigenvalue weighted by Crippen LogP contribution is 2.28. The fourth-order valence-electron chi connectivity index (χ4n) is 2.64. The number of benzene rings is 1. The molecule has 2 N–H and O–H groups in total. The molecule has 1 unspecified atom stereocenters. The van der Waals surface area contributed by atoms with Gasteiger partial charge in [-0.3, -0.25) is 0 Å². The molecule has 102 valence electrons. The first-order chi connectivity index (χ1) is 8.31. The van der Waals surface area contributed by atoms with Crippen LogP contribution in [0.4, 0.5) is 0 Å². The number of halogens is 1. The molecule has 0 saturated heterocycles. The van der Waals surface area contributed by atoms with Gasteiger partial charge in [-0.2, -0.15) is 0 Å². The average Bonchev–Trinajstić information content (AvgIpc) is 2.35. The SMILES string of the molecule is Br.CCCCCNC1CCc2c(O)cccc2C1. The monoisotopic (exact) mass is 313 g/mol. The molecule has 0 fully saturated rings. The molecule has 1 aliphatic rings. The average molecular weight is 314 g/mol. The van der Waals surface area contributed by atoms with Crippen molar-refractivity contribution < 1.29 is 5.11 Å². The lowest BCUT2D eigenvalue weighted by Crippen LogP contribution is -2.35. The summed E-state index contributed by atoms with van der Waals surface area (Å²) in [6, 6.07) is 6.50. The van der Waals surface area contributed by atoms with Crippen molar-refractivity contribution in [1.29, 1.82) is 0 Å². The van der Waals surface area contributed by atoms with Crippen molar-refractivity contribution in [3.8, 4) is 5.75 Å². The third-order valence-corrected chi connectivity index (χ3v) is 3.67. The normalized spacial score (nSPS) is 17.9. The van der Waals surface area contributed by atoms with Gasteiger partial charge in [0, 0.05) is 6.04 Å². The first-order valence-corrected chi connectivity index (χ1v) is 6.84. The van der Waals surface area contributed by atoms with Crippen LogP contribution >= 0.6 is 17.0 Å². The van der Waals surface area contributed by atoms with Gasteiger partial charge in [0.05, 0.1) is 0 Å². The van der Waals surface area contributed by atoms with E-state index in [4.69, 9.17) is 0 Å². The lowest BCUT2D eigenvalue weighted by molar-refractivity contribution is 0.427. The number of rotatable bonds is 5. The first kappa shape index (κ1) is 15.5. The maximum absolute atomic E-state index is 9.77. The quantitative estimate of drug-likeness (QED) is 0.814. The van der Waals surface area contributed by atoms with Gasteiger partial charge in [-0.1, -0.05) is 31.9 Å². The molecule has 0 saturated carbocycles. The van der Waals surface area contributed by atoms with Crippen LogP contribution in [0.5, 0.6) is 5.75 Å². The van der Waals surface area contributed by atoms with Crippen molar-refractivity contribution in [3.63, 3.8) is 0 Å². The van der Waals surface area contributed by atoms with Crippen LogP contribution in [0.1, 0.15) is 43.7 Å². The number of unbranched alkanes of at least 4 members (excludes halogenated alkanes) is 2. The molecule has 18 heavy (non-hydrogen) atoms. The van der Waals surface area contributed by atoms with E-state index in [0.29, 0.717) is 11.8 Å². The zero-order valence-electron chi connectivity index (χ0n) is 11.1. The molecular formula is C15H24BrNO. The molecule has 0 heterocycles. The van der Waals surface area contributed by atoms with Crippen molar-refractivity contribution in [1.82, 2.24) is 5.32 Å². The summed E-state index contributed by atoms with van der Waals surface area (Å²) in [6.07, 6.45) is 7.10. The Morgan fingerprint density at radius 3 is 2.94 bits per heavy atom. The molecular weight excluding hydrogens is 290 g/mol. The van der Waals surface area contributed by atoms with Gasteiger partial charge in [-0.25, -0.2) is 0 Å². The summed E-state index contributed by atoms with van der Waals surface area (Å²) in [7, 11) is 0. The number of hydrogen-bond acceptors (Lipinski definition) is 2.